The molecule has 0 amide bonds. The number of rotatable bonds is 6. The summed E-state index contributed by atoms with van der Waals surface area (Å²) in [5, 5.41) is 0.140. The van der Waals surface area contributed by atoms with Gasteiger partial charge in [0.25, 0.3) is 10.0 Å². The molecule has 0 unspecified atom stereocenters. The third kappa shape index (κ3) is 2.96. The molecule has 16 heavy (non-hydrogen) atoms. The Labute approximate surface area is 101 Å². The molecule has 1 N–H and O–H groups in total. The van der Waals surface area contributed by atoms with E-state index in [-0.39, 0.29) is 5.03 Å². The van der Waals surface area contributed by atoms with E-state index in [4.69, 9.17) is 11.6 Å². The zero-order chi connectivity index (χ0) is 12.2. The summed E-state index contributed by atoms with van der Waals surface area (Å²) in [6, 6.07) is 0. The van der Waals surface area contributed by atoms with E-state index in [1.54, 1.807) is 13.8 Å². The fourth-order valence-electron chi connectivity index (χ4n) is 1.35. The highest BCUT2D eigenvalue weighted by molar-refractivity contribution is 7.89. The van der Waals surface area contributed by atoms with Crippen LogP contribution in [0.4, 0.5) is 0 Å². The molecular formula is C9H16ClN3O2S. The molecule has 1 aromatic rings. The van der Waals surface area contributed by atoms with E-state index in [0.29, 0.717) is 31.2 Å². The quantitative estimate of drug-likeness (QED) is 0.790. The molecular weight excluding hydrogens is 250 g/mol. The van der Waals surface area contributed by atoms with Gasteiger partial charge in [0.2, 0.25) is 0 Å². The predicted molar refractivity (Wildman–Crippen MR) is 63.1 cm³/mol. The van der Waals surface area contributed by atoms with Gasteiger partial charge in [0.1, 0.15) is 5.82 Å². The Morgan fingerprint density at radius 3 is 2.69 bits per heavy atom. The third-order valence-corrected chi connectivity index (χ3v) is 4.34. The summed E-state index contributed by atoms with van der Waals surface area (Å²) in [5.74, 6) is 1.04. The second-order valence-corrected chi connectivity index (χ2v) is 5.66. The number of nitrogens with one attached hydrogen (secondary N) is 1. The number of aromatic amines is 1. The summed E-state index contributed by atoms with van der Waals surface area (Å²) >= 11 is 5.56. The number of nitrogens with zero attached hydrogens (tertiary/aromatic N) is 2. The minimum absolute atomic E-state index is 0.140. The summed E-state index contributed by atoms with van der Waals surface area (Å²) in [5.41, 5.74) is 0. The Morgan fingerprint density at radius 1 is 1.56 bits per heavy atom. The largest absolute Gasteiger partial charge is 0.332 e. The lowest BCUT2D eigenvalue weighted by atomic mass is 10.5. The Balaban J connectivity index is 2.90. The second-order valence-electron chi connectivity index (χ2n) is 3.37. The van der Waals surface area contributed by atoms with Crippen LogP contribution in [0.1, 0.15) is 19.2 Å². The van der Waals surface area contributed by atoms with Gasteiger partial charge in [-0.1, -0.05) is 6.92 Å². The van der Waals surface area contributed by atoms with Crippen molar-refractivity contribution in [1.29, 1.82) is 0 Å². The third-order valence-electron chi connectivity index (χ3n) is 2.19. The van der Waals surface area contributed by atoms with E-state index in [1.165, 1.54) is 10.5 Å². The standard InChI is InChI=1S/C9H16ClN3O2S/c1-3-13(6-4-5-10)16(14,15)9-7-11-8(2)12-9/h7H,3-6H2,1-2H3,(H,11,12). The molecule has 0 atom stereocenters. The van der Waals surface area contributed by atoms with Crippen LogP contribution in [0.3, 0.4) is 0 Å². The summed E-state index contributed by atoms with van der Waals surface area (Å²) in [4.78, 5) is 6.63. The zero-order valence-corrected chi connectivity index (χ0v) is 11.0. The van der Waals surface area contributed by atoms with Crippen molar-refractivity contribution < 1.29 is 8.42 Å². The van der Waals surface area contributed by atoms with Crippen LogP contribution in [-0.4, -0.2) is 41.7 Å². The van der Waals surface area contributed by atoms with Gasteiger partial charge in [0, 0.05) is 19.0 Å². The maximum Gasteiger partial charge on any atom is 0.260 e. The van der Waals surface area contributed by atoms with Crippen LogP contribution >= 0.6 is 11.6 Å². The van der Waals surface area contributed by atoms with Gasteiger partial charge in [0.15, 0.2) is 5.03 Å². The maximum atomic E-state index is 12.1. The molecule has 0 saturated heterocycles. The van der Waals surface area contributed by atoms with Gasteiger partial charge in [-0.05, 0) is 13.3 Å². The minimum atomic E-state index is -3.45. The van der Waals surface area contributed by atoms with Gasteiger partial charge in [-0.15, -0.1) is 11.6 Å². The van der Waals surface area contributed by atoms with E-state index in [9.17, 15) is 8.42 Å². The molecule has 1 aromatic heterocycles. The molecule has 0 aromatic carbocycles. The molecule has 0 fully saturated rings. The molecule has 0 aliphatic heterocycles. The lowest BCUT2D eigenvalue weighted by molar-refractivity contribution is 0.426. The van der Waals surface area contributed by atoms with Gasteiger partial charge < -0.3 is 4.98 Å². The summed E-state index contributed by atoms with van der Waals surface area (Å²) in [7, 11) is -3.45. The van der Waals surface area contributed by atoms with Gasteiger partial charge in [0.05, 0.1) is 6.20 Å². The summed E-state index contributed by atoms with van der Waals surface area (Å²) < 4.78 is 25.6. The highest BCUT2D eigenvalue weighted by Crippen LogP contribution is 2.13. The van der Waals surface area contributed by atoms with E-state index in [2.05, 4.69) is 9.97 Å². The fourth-order valence-corrected chi connectivity index (χ4v) is 2.92. The zero-order valence-electron chi connectivity index (χ0n) is 9.40. The van der Waals surface area contributed by atoms with Gasteiger partial charge in [-0.25, -0.2) is 13.4 Å². The van der Waals surface area contributed by atoms with E-state index < -0.39 is 10.0 Å². The van der Waals surface area contributed by atoms with Gasteiger partial charge >= 0.3 is 0 Å². The van der Waals surface area contributed by atoms with Crippen molar-refractivity contribution >= 4 is 21.6 Å². The number of aryl methyl sites for hydroxylation is 1. The number of hydrogen-bond acceptors (Lipinski definition) is 3. The van der Waals surface area contributed by atoms with Crippen molar-refractivity contribution in [3.63, 3.8) is 0 Å². The Morgan fingerprint density at radius 2 is 2.25 bits per heavy atom. The predicted octanol–water partition coefficient (Wildman–Crippen LogP) is 1.36. The molecule has 1 rings (SSSR count). The Hall–Kier alpha value is -0.590. The minimum Gasteiger partial charge on any atom is -0.332 e. The summed E-state index contributed by atoms with van der Waals surface area (Å²) in [6.45, 7) is 4.38. The van der Waals surface area contributed by atoms with Crippen LogP contribution in [0.2, 0.25) is 0 Å². The molecule has 0 bridgehead atoms. The molecule has 7 heteroatoms. The molecule has 0 aliphatic rings. The molecule has 5 nitrogen and oxygen atoms in total. The van der Waals surface area contributed by atoms with Crippen LogP contribution in [0.15, 0.2) is 11.2 Å². The van der Waals surface area contributed by atoms with Crippen molar-refractivity contribution in [2.45, 2.75) is 25.3 Å². The maximum absolute atomic E-state index is 12.1. The number of halogens is 1. The normalized spacial score (nSPS) is 12.2. The fraction of sp³-hybridized carbons (Fsp3) is 0.667. The average molecular weight is 266 g/mol. The van der Waals surface area contributed by atoms with Crippen LogP contribution < -0.4 is 0 Å². The van der Waals surface area contributed by atoms with E-state index >= 15 is 0 Å². The number of sulfonamides is 1. The lowest BCUT2D eigenvalue weighted by Crippen LogP contribution is -2.32. The van der Waals surface area contributed by atoms with Crippen molar-refractivity contribution in [2.24, 2.45) is 0 Å². The molecule has 92 valence electrons. The van der Waals surface area contributed by atoms with E-state index in [1.807, 2.05) is 0 Å². The molecule has 0 radical (unpaired) electrons. The van der Waals surface area contributed by atoms with Crippen LogP contribution in [0.25, 0.3) is 0 Å². The van der Waals surface area contributed by atoms with E-state index in [0.717, 1.165) is 0 Å². The van der Waals surface area contributed by atoms with Gasteiger partial charge in [-0.2, -0.15) is 4.31 Å². The van der Waals surface area contributed by atoms with Crippen molar-refractivity contribution in [3.05, 3.63) is 12.0 Å². The number of hydrogen-bond donors (Lipinski definition) is 1. The monoisotopic (exact) mass is 265 g/mol. The van der Waals surface area contributed by atoms with Crippen LogP contribution in [0.5, 0.6) is 0 Å². The van der Waals surface area contributed by atoms with Crippen LogP contribution in [-0.2, 0) is 10.0 Å². The molecule has 0 spiro atoms. The highest BCUT2D eigenvalue weighted by atomic mass is 35.5. The van der Waals surface area contributed by atoms with Crippen LogP contribution in [0, 0.1) is 6.92 Å². The first-order chi connectivity index (χ1) is 7.52. The Bertz CT molecular complexity index is 430. The number of alkyl halides is 1. The number of H-pyrrole nitrogens is 1. The summed E-state index contributed by atoms with van der Waals surface area (Å²) in [6.07, 6.45) is 1.98. The first-order valence-electron chi connectivity index (χ1n) is 5.10. The average Bonchev–Trinajstić information content (AvgIpc) is 2.66. The van der Waals surface area contributed by atoms with Crippen molar-refractivity contribution in [2.75, 3.05) is 19.0 Å². The van der Waals surface area contributed by atoms with Gasteiger partial charge in [-0.3, -0.25) is 0 Å². The SMILES string of the molecule is CCN(CCCCl)S(=O)(=O)c1cnc(C)[nH]1. The Kier molecular flexibility index (Phi) is 4.76. The van der Waals surface area contributed by atoms with Crippen molar-refractivity contribution in [3.8, 4) is 0 Å². The number of aromatic nitrogens is 2. The highest BCUT2D eigenvalue weighted by Gasteiger charge is 2.24. The molecule has 0 saturated carbocycles. The molecule has 1 heterocycles. The number of imidazole rings is 1. The first-order valence-corrected chi connectivity index (χ1v) is 7.07. The smallest absolute Gasteiger partial charge is 0.260 e. The van der Waals surface area contributed by atoms with Crippen molar-refractivity contribution in [1.82, 2.24) is 14.3 Å². The molecule has 0 aliphatic carbocycles. The second kappa shape index (κ2) is 5.65. The topological polar surface area (TPSA) is 66.1 Å². The lowest BCUT2D eigenvalue weighted by Gasteiger charge is -2.18. The first kappa shape index (κ1) is 13.5.